The maximum Gasteiger partial charge on any atom is 0.261 e. The Morgan fingerprint density at radius 2 is 1.81 bits per heavy atom. The van der Waals surface area contributed by atoms with Crippen LogP contribution in [0.4, 0.5) is 0 Å². The molecule has 0 unspecified atom stereocenters. The molecular weight excluding hydrogens is 368 g/mol. The van der Waals surface area contributed by atoms with Crippen LogP contribution >= 0.6 is 11.3 Å². The number of benzene rings is 1. The summed E-state index contributed by atoms with van der Waals surface area (Å²) >= 11 is 1.48. The Bertz CT molecular complexity index is 893. The molecule has 0 spiro atoms. The maximum atomic E-state index is 12.5. The number of nitrogens with one attached hydrogen (secondary N) is 1. The van der Waals surface area contributed by atoms with Gasteiger partial charge >= 0.3 is 0 Å². The predicted octanol–water partition coefficient (Wildman–Crippen LogP) is 3.34. The minimum Gasteiger partial charge on any atom is -0.347 e. The quantitative estimate of drug-likeness (QED) is 0.823. The fraction of sp³-hybridized carbons (Fsp3) is 0.421. The first-order valence-corrected chi connectivity index (χ1v) is 11.3. The van der Waals surface area contributed by atoms with Crippen LogP contribution in [0, 0.1) is 0 Å². The summed E-state index contributed by atoms with van der Waals surface area (Å²) in [5, 5.41) is 4.92. The molecule has 1 aliphatic heterocycles. The van der Waals surface area contributed by atoms with E-state index in [0.29, 0.717) is 30.4 Å². The van der Waals surface area contributed by atoms with Gasteiger partial charge in [0.1, 0.15) is 0 Å². The van der Waals surface area contributed by atoms with Gasteiger partial charge in [-0.1, -0.05) is 12.1 Å². The molecule has 138 valence electrons. The normalized spacial score (nSPS) is 18.2. The number of sulfonamides is 1. The van der Waals surface area contributed by atoms with Gasteiger partial charge < -0.3 is 5.32 Å². The van der Waals surface area contributed by atoms with E-state index in [-0.39, 0.29) is 5.91 Å². The average Bonchev–Trinajstić information content (AvgIpc) is 3.14. The molecule has 2 fully saturated rings. The van der Waals surface area contributed by atoms with E-state index < -0.39 is 10.0 Å². The minimum atomic E-state index is -3.38. The van der Waals surface area contributed by atoms with Crippen LogP contribution in [-0.4, -0.2) is 31.7 Å². The Balaban J connectivity index is 1.40. The van der Waals surface area contributed by atoms with Crippen molar-refractivity contribution in [1.29, 1.82) is 0 Å². The Hall–Kier alpha value is -1.70. The first kappa shape index (κ1) is 17.7. The van der Waals surface area contributed by atoms with Gasteiger partial charge in [0.05, 0.1) is 9.77 Å². The Morgan fingerprint density at radius 1 is 1.12 bits per heavy atom. The smallest absolute Gasteiger partial charge is 0.261 e. The molecule has 7 heteroatoms. The van der Waals surface area contributed by atoms with Crippen molar-refractivity contribution in [2.24, 2.45) is 0 Å². The fourth-order valence-corrected chi connectivity index (χ4v) is 5.76. The Labute approximate surface area is 158 Å². The lowest BCUT2D eigenvalue weighted by molar-refractivity contribution is 0.0954. The van der Waals surface area contributed by atoms with Crippen LogP contribution in [0.3, 0.4) is 0 Å². The van der Waals surface area contributed by atoms with Gasteiger partial charge in [-0.05, 0) is 66.3 Å². The summed E-state index contributed by atoms with van der Waals surface area (Å²) < 4.78 is 26.6. The zero-order valence-corrected chi connectivity index (χ0v) is 16.1. The van der Waals surface area contributed by atoms with Crippen molar-refractivity contribution in [3.05, 3.63) is 51.7 Å². The number of thiophene rings is 1. The molecule has 5 nitrogen and oxygen atoms in total. The summed E-state index contributed by atoms with van der Waals surface area (Å²) in [6, 6.07) is 8.87. The number of rotatable bonds is 6. The van der Waals surface area contributed by atoms with Gasteiger partial charge in [-0.2, -0.15) is 4.31 Å². The highest BCUT2D eigenvalue weighted by atomic mass is 32.2. The van der Waals surface area contributed by atoms with Crippen LogP contribution in [-0.2, 0) is 16.6 Å². The van der Waals surface area contributed by atoms with Crippen molar-refractivity contribution in [2.75, 3.05) is 13.1 Å². The Morgan fingerprint density at radius 3 is 2.46 bits per heavy atom. The highest BCUT2D eigenvalue weighted by molar-refractivity contribution is 7.89. The van der Waals surface area contributed by atoms with E-state index in [4.69, 9.17) is 0 Å². The summed E-state index contributed by atoms with van der Waals surface area (Å²) in [6.45, 7) is 1.60. The van der Waals surface area contributed by atoms with Crippen molar-refractivity contribution < 1.29 is 13.2 Å². The van der Waals surface area contributed by atoms with E-state index in [9.17, 15) is 13.2 Å². The third-order valence-electron chi connectivity index (χ3n) is 5.00. The van der Waals surface area contributed by atoms with Crippen molar-refractivity contribution in [3.63, 3.8) is 0 Å². The fourth-order valence-electron chi connectivity index (χ4n) is 3.34. The summed E-state index contributed by atoms with van der Waals surface area (Å²) in [5.74, 6) is 0.507. The molecule has 4 rings (SSSR count). The van der Waals surface area contributed by atoms with Crippen molar-refractivity contribution in [2.45, 2.75) is 43.0 Å². The van der Waals surface area contributed by atoms with Gasteiger partial charge in [0.15, 0.2) is 0 Å². The van der Waals surface area contributed by atoms with E-state index in [1.165, 1.54) is 29.7 Å². The molecule has 1 N–H and O–H groups in total. The van der Waals surface area contributed by atoms with Gasteiger partial charge in [0.25, 0.3) is 5.91 Å². The van der Waals surface area contributed by atoms with Crippen molar-refractivity contribution in [3.8, 4) is 0 Å². The number of carbonyl (C=O) groups is 1. The van der Waals surface area contributed by atoms with Crippen molar-refractivity contribution in [1.82, 2.24) is 9.62 Å². The zero-order chi connectivity index (χ0) is 18.1. The molecule has 2 heterocycles. The van der Waals surface area contributed by atoms with Gasteiger partial charge in [-0.15, -0.1) is 11.3 Å². The third kappa shape index (κ3) is 3.56. The molecular formula is C19H22N2O3S2. The third-order valence-corrected chi connectivity index (χ3v) is 7.84. The SMILES string of the molecule is O=C(NCc1ccc(S(=O)(=O)N2CCCC2)cc1)c1sccc1C1CC1. The minimum absolute atomic E-state index is 0.0457. The van der Waals surface area contributed by atoms with E-state index in [2.05, 4.69) is 11.4 Å². The summed E-state index contributed by atoms with van der Waals surface area (Å²) in [6.07, 6.45) is 4.19. The molecule has 1 aliphatic carbocycles. The molecule has 1 aromatic carbocycles. The molecule has 0 radical (unpaired) electrons. The summed E-state index contributed by atoms with van der Waals surface area (Å²) in [5.41, 5.74) is 2.06. The lowest BCUT2D eigenvalue weighted by Crippen LogP contribution is -2.28. The lowest BCUT2D eigenvalue weighted by atomic mass is 10.1. The van der Waals surface area contributed by atoms with Crippen LogP contribution in [0.25, 0.3) is 0 Å². The number of nitrogens with zero attached hydrogens (tertiary/aromatic N) is 1. The monoisotopic (exact) mass is 390 g/mol. The second kappa shape index (κ2) is 7.13. The standard InChI is InChI=1S/C19H22N2O3S2/c22-19(18-17(9-12-25-18)15-5-6-15)20-13-14-3-7-16(8-4-14)26(23,24)21-10-1-2-11-21/h3-4,7-9,12,15H,1-2,5-6,10-11,13H2,(H,20,22). The topological polar surface area (TPSA) is 66.5 Å². The summed E-state index contributed by atoms with van der Waals surface area (Å²) in [4.78, 5) is 13.6. The first-order chi connectivity index (χ1) is 12.6. The van der Waals surface area contributed by atoms with Gasteiger partial charge in [-0.25, -0.2) is 8.42 Å². The first-order valence-electron chi connectivity index (χ1n) is 9.00. The van der Waals surface area contributed by atoms with Crippen LogP contribution in [0.15, 0.2) is 40.6 Å². The van der Waals surface area contributed by atoms with Crippen LogP contribution in [0.1, 0.15) is 52.4 Å². The van der Waals surface area contributed by atoms with Crippen LogP contribution < -0.4 is 5.32 Å². The van der Waals surface area contributed by atoms with Crippen molar-refractivity contribution >= 4 is 27.3 Å². The van der Waals surface area contributed by atoms with E-state index >= 15 is 0 Å². The number of amides is 1. The summed E-state index contributed by atoms with van der Waals surface area (Å²) in [7, 11) is -3.38. The number of carbonyl (C=O) groups excluding carboxylic acids is 1. The Kier molecular flexibility index (Phi) is 4.86. The molecule has 1 aromatic heterocycles. The highest BCUT2D eigenvalue weighted by Gasteiger charge is 2.29. The number of hydrogen-bond donors (Lipinski definition) is 1. The molecule has 0 atom stereocenters. The molecule has 26 heavy (non-hydrogen) atoms. The van der Waals surface area contributed by atoms with Gasteiger partial charge in [0, 0.05) is 19.6 Å². The average molecular weight is 391 g/mol. The van der Waals surface area contributed by atoms with E-state index in [1.807, 2.05) is 5.38 Å². The lowest BCUT2D eigenvalue weighted by Gasteiger charge is -2.15. The molecule has 1 saturated carbocycles. The van der Waals surface area contributed by atoms with Gasteiger partial charge in [-0.3, -0.25) is 4.79 Å². The van der Waals surface area contributed by atoms with Crippen LogP contribution in [0.2, 0.25) is 0 Å². The zero-order valence-electron chi connectivity index (χ0n) is 14.5. The molecule has 0 bridgehead atoms. The van der Waals surface area contributed by atoms with E-state index in [1.54, 1.807) is 28.6 Å². The molecule has 2 aliphatic rings. The van der Waals surface area contributed by atoms with E-state index in [0.717, 1.165) is 23.3 Å². The highest BCUT2D eigenvalue weighted by Crippen LogP contribution is 2.43. The molecule has 2 aromatic rings. The predicted molar refractivity (Wildman–Crippen MR) is 102 cm³/mol. The second-order valence-corrected chi connectivity index (χ2v) is 9.77. The van der Waals surface area contributed by atoms with Gasteiger partial charge in [0.2, 0.25) is 10.0 Å². The molecule has 1 saturated heterocycles. The molecule has 1 amide bonds. The maximum absolute atomic E-state index is 12.5. The largest absolute Gasteiger partial charge is 0.347 e. The number of hydrogen-bond acceptors (Lipinski definition) is 4. The second-order valence-electron chi connectivity index (χ2n) is 6.92. The van der Waals surface area contributed by atoms with Crippen LogP contribution in [0.5, 0.6) is 0 Å².